The molecule has 0 amide bonds. The second-order valence-corrected chi connectivity index (χ2v) is 7.11. The molecule has 21 heavy (non-hydrogen) atoms. The highest BCUT2D eigenvalue weighted by molar-refractivity contribution is 7.36. The first-order valence-electron chi connectivity index (χ1n) is 8.11. The van der Waals surface area contributed by atoms with Crippen molar-refractivity contribution in [3.8, 4) is 0 Å². The summed E-state index contributed by atoms with van der Waals surface area (Å²) >= 11 is 0. The van der Waals surface area contributed by atoms with E-state index in [1.807, 2.05) is 7.05 Å². The van der Waals surface area contributed by atoms with Gasteiger partial charge in [-0.05, 0) is 94.8 Å². The van der Waals surface area contributed by atoms with Gasteiger partial charge in [0.25, 0.3) is 0 Å². The van der Waals surface area contributed by atoms with Crippen LogP contribution in [0.2, 0.25) is 0 Å². The summed E-state index contributed by atoms with van der Waals surface area (Å²) in [5.41, 5.74) is 9.12. The third kappa shape index (κ3) is 4.20. The Labute approximate surface area is 133 Å². The summed E-state index contributed by atoms with van der Waals surface area (Å²) in [6.07, 6.45) is 3.66. The molecule has 1 atom stereocenters. The Kier molecular flexibility index (Phi) is 7.70. The van der Waals surface area contributed by atoms with Gasteiger partial charge >= 0.3 is 0 Å². The molecule has 0 saturated heterocycles. The van der Waals surface area contributed by atoms with Gasteiger partial charge in [0.15, 0.2) is 0 Å². The van der Waals surface area contributed by atoms with Crippen LogP contribution in [0.15, 0.2) is 0 Å². The Morgan fingerprint density at radius 2 is 1.67 bits per heavy atom. The van der Waals surface area contributed by atoms with Crippen LogP contribution in [-0.4, -0.2) is 40.0 Å². The Hall–Kier alpha value is -0.590. The number of likely N-dealkylation sites (N-methyl/N-ethyl adjacent to an activating group) is 1. The second kappa shape index (κ2) is 8.76. The van der Waals surface area contributed by atoms with E-state index in [-0.39, 0.29) is 0 Å². The van der Waals surface area contributed by atoms with Crippen molar-refractivity contribution in [1.29, 1.82) is 0 Å². The fourth-order valence-electron chi connectivity index (χ4n) is 3.06. The molecular formula is C18H33N2P. The molecule has 0 aromatic heterocycles. The minimum absolute atomic E-state index is 1.03. The average molecular weight is 308 g/mol. The van der Waals surface area contributed by atoms with Crippen LogP contribution in [0.25, 0.3) is 0 Å². The first kappa shape index (κ1) is 18.5. The van der Waals surface area contributed by atoms with E-state index >= 15 is 0 Å². The maximum atomic E-state index is 3.31. The molecule has 0 radical (unpaired) electrons. The summed E-state index contributed by atoms with van der Waals surface area (Å²) in [6, 6.07) is 0. The summed E-state index contributed by atoms with van der Waals surface area (Å²) in [6.45, 7) is 13.6. The first-order chi connectivity index (χ1) is 9.99. The predicted molar refractivity (Wildman–Crippen MR) is 100 cm³/mol. The van der Waals surface area contributed by atoms with Gasteiger partial charge in [0.05, 0.1) is 0 Å². The second-order valence-electron chi connectivity index (χ2n) is 5.90. The average Bonchev–Trinajstić information content (AvgIpc) is 2.49. The zero-order chi connectivity index (χ0) is 16.0. The number of hydrogen-bond acceptors (Lipinski definition) is 2. The van der Waals surface area contributed by atoms with E-state index in [9.17, 15) is 0 Å². The third-order valence-electron chi connectivity index (χ3n) is 4.69. The highest BCUT2D eigenvalue weighted by Crippen LogP contribution is 2.35. The molecule has 0 fully saturated rings. The van der Waals surface area contributed by atoms with Gasteiger partial charge in [-0.1, -0.05) is 0 Å². The van der Waals surface area contributed by atoms with Crippen LogP contribution in [0.4, 0.5) is 5.69 Å². The van der Waals surface area contributed by atoms with Crippen LogP contribution >= 0.6 is 8.58 Å². The van der Waals surface area contributed by atoms with Crippen LogP contribution in [0, 0.1) is 20.8 Å². The number of hydrogen-bond donors (Lipinski definition) is 1. The molecule has 0 saturated carbocycles. The molecule has 0 spiro atoms. The number of nitrogens with one attached hydrogen (secondary N) is 1. The van der Waals surface area contributed by atoms with Crippen LogP contribution in [0.3, 0.4) is 0 Å². The number of nitrogens with zero attached hydrogens (tertiary/aromatic N) is 1. The van der Waals surface area contributed by atoms with Crippen molar-refractivity contribution in [3.05, 3.63) is 27.8 Å². The number of benzene rings is 1. The van der Waals surface area contributed by atoms with E-state index in [0.29, 0.717) is 0 Å². The first-order valence-corrected chi connectivity index (χ1v) is 9.82. The number of rotatable bonds is 8. The summed E-state index contributed by atoms with van der Waals surface area (Å²) in [5.74, 6) is 0. The van der Waals surface area contributed by atoms with Gasteiger partial charge in [-0.25, -0.2) is 0 Å². The van der Waals surface area contributed by atoms with Gasteiger partial charge in [-0.2, -0.15) is 0 Å². The molecule has 1 aromatic carbocycles. The lowest BCUT2D eigenvalue weighted by Crippen LogP contribution is -2.22. The minimum Gasteiger partial charge on any atom is -0.374 e. The molecule has 1 N–H and O–H groups in total. The molecule has 1 aromatic rings. The van der Waals surface area contributed by atoms with Gasteiger partial charge in [-0.3, -0.25) is 0 Å². The van der Waals surface area contributed by atoms with E-state index in [4.69, 9.17) is 0 Å². The number of anilines is 1. The molecule has 0 aliphatic heterocycles. The normalized spacial score (nSPS) is 11.6. The van der Waals surface area contributed by atoms with Crippen molar-refractivity contribution in [2.24, 2.45) is 0 Å². The topological polar surface area (TPSA) is 15.3 Å². The molecule has 3 heteroatoms. The lowest BCUT2D eigenvalue weighted by atomic mass is 9.88. The smallest absolute Gasteiger partial charge is 0.0431 e. The molecule has 120 valence electrons. The fraction of sp³-hybridized carbons (Fsp3) is 0.667. The Morgan fingerprint density at radius 3 is 2.19 bits per heavy atom. The van der Waals surface area contributed by atoms with Crippen LogP contribution in [-0.2, 0) is 12.8 Å². The summed E-state index contributed by atoms with van der Waals surface area (Å²) < 4.78 is 0. The van der Waals surface area contributed by atoms with Gasteiger partial charge in [0.2, 0.25) is 0 Å². The molecule has 1 unspecified atom stereocenters. The zero-order valence-corrected chi connectivity index (χ0v) is 16.0. The summed E-state index contributed by atoms with van der Waals surface area (Å²) in [5, 5.41) is 3.31. The maximum absolute atomic E-state index is 3.31. The van der Waals surface area contributed by atoms with Gasteiger partial charge in [-0.15, -0.1) is 8.58 Å². The molecule has 0 aliphatic rings. The van der Waals surface area contributed by atoms with E-state index in [0.717, 1.165) is 28.1 Å². The third-order valence-corrected chi connectivity index (χ3v) is 5.44. The summed E-state index contributed by atoms with van der Waals surface area (Å²) in [7, 11) is 5.31. The van der Waals surface area contributed by atoms with Crippen molar-refractivity contribution in [1.82, 2.24) is 5.32 Å². The van der Waals surface area contributed by atoms with E-state index in [2.05, 4.69) is 51.6 Å². The minimum atomic E-state index is 1.03. The van der Waals surface area contributed by atoms with Crippen LogP contribution < -0.4 is 10.2 Å². The van der Waals surface area contributed by atoms with Gasteiger partial charge in [0.1, 0.15) is 0 Å². The quantitative estimate of drug-likeness (QED) is 0.737. The lowest BCUT2D eigenvalue weighted by molar-refractivity contribution is 0.778. The van der Waals surface area contributed by atoms with Crippen LogP contribution in [0.5, 0.6) is 0 Å². The molecule has 2 nitrogen and oxygen atoms in total. The molecule has 0 bridgehead atoms. The Bertz CT molecular complexity index is 469. The van der Waals surface area contributed by atoms with Crippen molar-refractivity contribution in [2.45, 2.75) is 40.5 Å². The summed E-state index contributed by atoms with van der Waals surface area (Å²) in [4.78, 5) is 2.43. The Morgan fingerprint density at radius 1 is 1.00 bits per heavy atom. The van der Waals surface area contributed by atoms with Crippen molar-refractivity contribution in [2.75, 3.05) is 44.9 Å². The Balaban J connectivity index is 3.47. The SMILES string of the molecule is CCN(C)c1c(C)c(C)c(C)c(CCNC)c1CCPC. The van der Waals surface area contributed by atoms with Gasteiger partial charge in [0, 0.05) is 19.3 Å². The van der Waals surface area contributed by atoms with Crippen molar-refractivity contribution < 1.29 is 0 Å². The standard InChI is InChI=1S/C18H33N2P/c1-8-20(6)18-15(4)13(2)14(3)16(9-11-19-5)17(18)10-12-21-7/h19,21H,8-12H2,1-7H3. The van der Waals surface area contributed by atoms with E-state index in [1.54, 1.807) is 11.1 Å². The fourth-order valence-corrected chi connectivity index (χ4v) is 3.56. The van der Waals surface area contributed by atoms with Crippen LogP contribution in [0.1, 0.15) is 34.7 Å². The maximum Gasteiger partial charge on any atom is 0.0431 e. The van der Waals surface area contributed by atoms with E-state index < -0.39 is 0 Å². The molecule has 0 heterocycles. The molecule has 1 rings (SSSR count). The monoisotopic (exact) mass is 308 g/mol. The highest BCUT2D eigenvalue weighted by Gasteiger charge is 2.18. The lowest BCUT2D eigenvalue weighted by Gasteiger charge is -2.29. The predicted octanol–water partition coefficient (Wildman–Crippen LogP) is 3.68. The molecule has 0 aliphatic carbocycles. The molecular weight excluding hydrogens is 275 g/mol. The zero-order valence-electron chi connectivity index (χ0n) is 15.0. The van der Waals surface area contributed by atoms with E-state index in [1.165, 1.54) is 35.0 Å². The van der Waals surface area contributed by atoms with Gasteiger partial charge < -0.3 is 10.2 Å². The highest BCUT2D eigenvalue weighted by atomic mass is 31.1. The largest absolute Gasteiger partial charge is 0.374 e. The van der Waals surface area contributed by atoms with Crippen molar-refractivity contribution >= 4 is 14.3 Å². The van der Waals surface area contributed by atoms with Crippen molar-refractivity contribution in [3.63, 3.8) is 0 Å².